The van der Waals surface area contributed by atoms with E-state index in [1.165, 1.54) is 36.4 Å². The number of nitrogens with zero attached hydrogens (tertiary/aromatic N) is 1. The number of aliphatic carboxylic acids is 1. The van der Waals surface area contributed by atoms with Crippen LogP contribution >= 0.6 is 0 Å². The van der Waals surface area contributed by atoms with E-state index in [2.05, 4.69) is 0 Å². The van der Waals surface area contributed by atoms with Gasteiger partial charge in [-0.3, -0.25) is 4.79 Å². The largest absolute Gasteiger partial charge is 0.480 e. The van der Waals surface area contributed by atoms with E-state index in [1.807, 2.05) is 0 Å². The first-order chi connectivity index (χ1) is 12.5. The van der Waals surface area contributed by atoms with Crippen molar-refractivity contribution in [3.8, 4) is 11.1 Å². The number of carboxylic acids is 1. The molecular formula is C18H16F3NO4S. The lowest BCUT2D eigenvalue weighted by Crippen LogP contribution is -2.40. The molecule has 1 aliphatic heterocycles. The van der Waals surface area contributed by atoms with Crippen LogP contribution in [0.4, 0.5) is 13.2 Å². The Morgan fingerprint density at radius 2 is 1.85 bits per heavy atom. The highest BCUT2D eigenvalue weighted by atomic mass is 32.2. The van der Waals surface area contributed by atoms with Crippen LogP contribution in [-0.2, 0) is 14.8 Å². The fourth-order valence-corrected chi connectivity index (χ4v) is 4.93. The van der Waals surface area contributed by atoms with Crippen LogP contribution in [0.2, 0.25) is 0 Å². The summed E-state index contributed by atoms with van der Waals surface area (Å²) in [5.74, 6) is -5.80. The molecular weight excluding hydrogens is 383 g/mol. The number of sulfonamides is 1. The zero-order chi connectivity index (χ0) is 20.0. The average Bonchev–Trinajstić information content (AvgIpc) is 2.92. The lowest BCUT2D eigenvalue weighted by molar-refractivity contribution is -0.141. The Bertz CT molecular complexity index is 1010. The molecule has 0 aliphatic carbocycles. The number of alkyl halides is 2. The predicted octanol–water partition coefficient (Wildman–Crippen LogP) is 3.28. The molecule has 144 valence electrons. The van der Waals surface area contributed by atoms with Gasteiger partial charge in [0, 0.05) is 17.5 Å². The highest BCUT2D eigenvalue weighted by Crippen LogP contribution is 2.39. The van der Waals surface area contributed by atoms with E-state index in [9.17, 15) is 31.5 Å². The highest BCUT2D eigenvalue weighted by molar-refractivity contribution is 7.89. The van der Waals surface area contributed by atoms with Crippen LogP contribution in [-0.4, -0.2) is 42.3 Å². The molecule has 2 aromatic carbocycles. The monoisotopic (exact) mass is 399 g/mol. The molecule has 2 aromatic rings. The number of carboxylic acid groups (broad SMARTS) is 1. The van der Waals surface area contributed by atoms with Gasteiger partial charge in [0.25, 0.3) is 5.92 Å². The van der Waals surface area contributed by atoms with Crippen LogP contribution in [0.3, 0.4) is 0 Å². The number of benzene rings is 2. The summed E-state index contributed by atoms with van der Waals surface area (Å²) in [4.78, 5) is 10.9. The van der Waals surface area contributed by atoms with Crippen molar-refractivity contribution in [2.45, 2.75) is 30.2 Å². The third-order valence-corrected chi connectivity index (χ3v) is 6.31. The van der Waals surface area contributed by atoms with Gasteiger partial charge in [0.2, 0.25) is 10.0 Å². The van der Waals surface area contributed by atoms with Gasteiger partial charge in [-0.05, 0) is 25.1 Å². The summed E-state index contributed by atoms with van der Waals surface area (Å²) in [6, 6.07) is 7.64. The zero-order valence-electron chi connectivity index (χ0n) is 14.2. The molecule has 0 amide bonds. The van der Waals surface area contributed by atoms with Gasteiger partial charge in [-0.25, -0.2) is 21.6 Å². The molecule has 1 fully saturated rings. The fourth-order valence-electron chi connectivity index (χ4n) is 3.14. The molecule has 0 saturated carbocycles. The Labute approximate surface area is 154 Å². The Balaban J connectivity index is 2.19. The molecule has 1 saturated heterocycles. The summed E-state index contributed by atoms with van der Waals surface area (Å²) >= 11 is 0. The van der Waals surface area contributed by atoms with Crippen LogP contribution in [0.1, 0.15) is 12.0 Å². The number of hydrogen-bond acceptors (Lipinski definition) is 3. The zero-order valence-corrected chi connectivity index (χ0v) is 15.0. The lowest BCUT2D eigenvalue weighted by atomic mass is 10.0. The van der Waals surface area contributed by atoms with Crippen molar-refractivity contribution in [1.82, 2.24) is 4.31 Å². The molecule has 1 atom stereocenters. The van der Waals surface area contributed by atoms with E-state index in [4.69, 9.17) is 0 Å². The normalized spacial score (nSPS) is 19.9. The third-order valence-electron chi connectivity index (χ3n) is 4.40. The molecule has 3 rings (SSSR count). The van der Waals surface area contributed by atoms with E-state index in [0.717, 1.165) is 6.07 Å². The van der Waals surface area contributed by atoms with Gasteiger partial charge in [-0.2, -0.15) is 4.31 Å². The second kappa shape index (κ2) is 6.65. The Morgan fingerprint density at radius 3 is 2.48 bits per heavy atom. The van der Waals surface area contributed by atoms with Gasteiger partial charge in [0.1, 0.15) is 11.9 Å². The van der Waals surface area contributed by atoms with Crippen molar-refractivity contribution in [3.63, 3.8) is 0 Å². The van der Waals surface area contributed by atoms with Gasteiger partial charge >= 0.3 is 5.97 Å². The fraction of sp³-hybridized carbons (Fsp3) is 0.278. The lowest BCUT2D eigenvalue weighted by Gasteiger charge is -2.22. The van der Waals surface area contributed by atoms with Crippen LogP contribution < -0.4 is 0 Å². The van der Waals surface area contributed by atoms with E-state index < -0.39 is 51.6 Å². The van der Waals surface area contributed by atoms with Crippen molar-refractivity contribution < 1.29 is 31.5 Å². The van der Waals surface area contributed by atoms with E-state index >= 15 is 0 Å². The Hall–Kier alpha value is -2.39. The molecule has 1 N–H and O–H groups in total. The summed E-state index contributed by atoms with van der Waals surface area (Å²) in [5.41, 5.74) is 0.610. The van der Waals surface area contributed by atoms with Gasteiger partial charge in [0.05, 0.1) is 11.4 Å². The number of aryl methyl sites for hydroxylation is 1. The molecule has 0 aromatic heterocycles. The number of halogens is 3. The smallest absolute Gasteiger partial charge is 0.322 e. The Kier molecular flexibility index (Phi) is 4.77. The van der Waals surface area contributed by atoms with Crippen molar-refractivity contribution in [3.05, 3.63) is 53.8 Å². The number of hydrogen-bond donors (Lipinski definition) is 1. The van der Waals surface area contributed by atoms with Gasteiger partial charge in [-0.1, -0.05) is 29.8 Å². The second-order valence-corrected chi connectivity index (χ2v) is 8.30. The first-order valence-electron chi connectivity index (χ1n) is 8.01. The maximum atomic E-state index is 14.3. The summed E-state index contributed by atoms with van der Waals surface area (Å²) < 4.78 is 68.2. The number of rotatable bonds is 4. The number of carbonyl (C=O) groups is 1. The molecule has 0 radical (unpaired) electrons. The van der Waals surface area contributed by atoms with Crippen molar-refractivity contribution >= 4 is 16.0 Å². The minimum atomic E-state index is -4.61. The molecule has 0 spiro atoms. The van der Waals surface area contributed by atoms with E-state index in [0.29, 0.717) is 5.56 Å². The molecule has 0 bridgehead atoms. The quantitative estimate of drug-likeness (QED) is 0.856. The second-order valence-electron chi connectivity index (χ2n) is 6.44. The topological polar surface area (TPSA) is 74.7 Å². The van der Waals surface area contributed by atoms with E-state index in [1.54, 1.807) is 6.92 Å². The third kappa shape index (κ3) is 3.57. The summed E-state index contributed by atoms with van der Waals surface area (Å²) in [5, 5.41) is 9.20. The van der Waals surface area contributed by atoms with Gasteiger partial charge in [0.15, 0.2) is 0 Å². The van der Waals surface area contributed by atoms with Crippen LogP contribution in [0.5, 0.6) is 0 Å². The molecule has 5 nitrogen and oxygen atoms in total. The van der Waals surface area contributed by atoms with E-state index in [-0.39, 0.29) is 15.4 Å². The maximum Gasteiger partial charge on any atom is 0.322 e. The molecule has 27 heavy (non-hydrogen) atoms. The van der Waals surface area contributed by atoms with Crippen molar-refractivity contribution in [2.24, 2.45) is 0 Å². The van der Waals surface area contributed by atoms with Crippen molar-refractivity contribution in [2.75, 3.05) is 6.54 Å². The predicted molar refractivity (Wildman–Crippen MR) is 91.5 cm³/mol. The van der Waals surface area contributed by atoms with Crippen molar-refractivity contribution in [1.29, 1.82) is 0 Å². The minimum Gasteiger partial charge on any atom is -0.480 e. The molecule has 1 aliphatic rings. The SMILES string of the molecule is Cc1ccc(S(=O)(=O)N2CC(F)(F)C[C@H]2C(=O)O)c(-c2ccccc2F)c1. The van der Waals surface area contributed by atoms with Crippen LogP contribution in [0.15, 0.2) is 47.4 Å². The minimum absolute atomic E-state index is 0.00699. The maximum absolute atomic E-state index is 14.3. The summed E-state index contributed by atoms with van der Waals surface area (Å²) in [6.45, 7) is 0.432. The summed E-state index contributed by atoms with van der Waals surface area (Å²) in [7, 11) is -4.61. The highest BCUT2D eigenvalue weighted by Gasteiger charge is 2.53. The molecule has 0 unspecified atom stereocenters. The van der Waals surface area contributed by atoms with Gasteiger partial charge in [-0.15, -0.1) is 0 Å². The van der Waals surface area contributed by atoms with Crippen LogP contribution in [0.25, 0.3) is 11.1 Å². The average molecular weight is 399 g/mol. The molecule has 1 heterocycles. The summed E-state index contributed by atoms with van der Waals surface area (Å²) in [6.07, 6.45) is -1.11. The van der Waals surface area contributed by atoms with Gasteiger partial charge < -0.3 is 5.11 Å². The first kappa shape index (κ1) is 19.4. The first-order valence-corrected chi connectivity index (χ1v) is 9.45. The molecule has 9 heteroatoms. The standard InChI is InChI=1S/C18H16F3NO4S/c1-11-6-7-16(13(8-11)12-4-2-3-5-14(12)19)27(25,26)22-10-18(20,21)9-15(22)17(23)24/h2-8,15H,9-10H2,1H3,(H,23,24)/t15-/m0/s1. The Morgan fingerprint density at radius 1 is 1.19 bits per heavy atom. The van der Waals surface area contributed by atoms with Crippen LogP contribution in [0, 0.1) is 12.7 Å².